The number of para-hydroxylation sites is 4. The zero-order chi connectivity index (χ0) is 31.1. The van der Waals surface area contributed by atoms with Crippen LogP contribution in [0.3, 0.4) is 0 Å². The molecule has 0 saturated heterocycles. The van der Waals surface area contributed by atoms with Gasteiger partial charge in [-0.1, -0.05) is 97.1 Å². The maximum Gasteiger partial charge on any atom is 0.101 e. The van der Waals surface area contributed by atoms with Crippen molar-refractivity contribution in [3.8, 4) is 28.6 Å². The highest BCUT2D eigenvalue weighted by Gasteiger charge is 2.21. The van der Waals surface area contributed by atoms with Crippen molar-refractivity contribution < 1.29 is 0 Å². The van der Waals surface area contributed by atoms with E-state index >= 15 is 0 Å². The lowest BCUT2D eigenvalue weighted by atomic mass is 9.99. The first-order chi connectivity index (χ1) is 23.3. The van der Waals surface area contributed by atoms with E-state index in [1.807, 2.05) is 23.5 Å². The van der Waals surface area contributed by atoms with E-state index in [1.54, 1.807) is 0 Å². The van der Waals surface area contributed by atoms with Crippen molar-refractivity contribution in [2.45, 2.75) is 0 Å². The second-order valence-electron chi connectivity index (χ2n) is 12.0. The van der Waals surface area contributed by atoms with Crippen LogP contribution in [0.15, 0.2) is 152 Å². The van der Waals surface area contributed by atoms with Crippen molar-refractivity contribution in [1.29, 1.82) is 5.26 Å². The molecule has 3 heterocycles. The second-order valence-corrected chi connectivity index (χ2v) is 13.1. The van der Waals surface area contributed by atoms with Gasteiger partial charge in [0.2, 0.25) is 0 Å². The van der Waals surface area contributed by atoms with Gasteiger partial charge in [0.1, 0.15) is 6.07 Å². The molecule has 0 spiro atoms. The summed E-state index contributed by atoms with van der Waals surface area (Å²) in [7, 11) is 0. The highest BCUT2D eigenvalue weighted by Crippen LogP contribution is 2.43. The molecular weight excluding hydrogens is 591 g/mol. The average molecular weight is 616 g/mol. The summed E-state index contributed by atoms with van der Waals surface area (Å²) in [5.41, 5.74) is 9.25. The van der Waals surface area contributed by atoms with E-state index in [-0.39, 0.29) is 0 Å². The van der Waals surface area contributed by atoms with E-state index < -0.39 is 0 Å². The van der Waals surface area contributed by atoms with E-state index in [0.29, 0.717) is 5.56 Å². The highest BCUT2D eigenvalue weighted by molar-refractivity contribution is 7.25. The molecule has 0 aliphatic heterocycles. The van der Waals surface area contributed by atoms with Crippen LogP contribution in [-0.4, -0.2) is 9.13 Å². The fraction of sp³-hybridized carbons (Fsp3) is 0. The standard InChI is InChI=1S/C43H25N3S/c44-26-28-12-10-18-30(27-11-9-13-29(23-27)45-37-19-5-1-14-31(37)32-15-2-6-20-38(32)45)43(28)46-39-21-7-3-16-33(39)35-24-36-34-17-4-8-22-41(34)47-42(36)25-40(35)46/h1-25H. The van der Waals surface area contributed by atoms with E-state index in [9.17, 15) is 5.26 Å². The maximum absolute atomic E-state index is 10.6. The van der Waals surface area contributed by atoms with Crippen LogP contribution < -0.4 is 0 Å². The van der Waals surface area contributed by atoms with Crippen LogP contribution in [0.4, 0.5) is 0 Å². The van der Waals surface area contributed by atoms with Crippen molar-refractivity contribution in [3.05, 3.63) is 157 Å². The van der Waals surface area contributed by atoms with Crippen molar-refractivity contribution in [2.75, 3.05) is 0 Å². The molecule has 0 aliphatic rings. The van der Waals surface area contributed by atoms with Crippen molar-refractivity contribution in [2.24, 2.45) is 0 Å². The van der Waals surface area contributed by atoms with Crippen LogP contribution in [0.5, 0.6) is 0 Å². The molecule has 3 aromatic heterocycles. The molecule has 7 aromatic carbocycles. The van der Waals surface area contributed by atoms with Gasteiger partial charge in [0.05, 0.1) is 33.3 Å². The second kappa shape index (κ2) is 9.92. The lowest BCUT2D eigenvalue weighted by Gasteiger charge is -2.17. The molecule has 0 fully saturated rings. The molecule has 218 valence electrons. The lowest BCUT2D eigenvalue weighted by molar-refractivity contribution is 1.16. The SMILES string of the molecule is N#Cc1cccc(-c2cccc(-n3c4ccccc4c4ccccc43)c2)c1-n1c2ccccc2c2cc3c(cc21)sc1ccccc13. The number of hydrogen-bond donors (Lipinski definition) is 0. The summed E-state index contributed by atoms with van der Waals surface area (Å²) in [6.07, 6.45) is 0. The van der Waals surface area contributed by atoms with Gasteiger partial charge in [0.15, 0.2) is 0 Å². The summed E-state index contributed by atoms with van der Waals surface area (Å²) in [6, 6.07) is 56.4. The van der Waals surface area contributed by atoms with Crippen LogP contribution >= 0.6 is 11.3 Å². The number of rotatable bonds is 3. The monoisotopic (exact) mass is 615 g/mol. The normalized spacial score (nSPS) is 11.8. The van der Waals surface area contributed by atoms with Crippen LogP contribution in [0.25, 0.3) is 86.3 Å². The first kappa shape index (κ1) is 26.1. The minimum Gasteiger partial charge on any atom is -0.309 e. The molecule has 47 heavy (non-hydrogen) atoms. The van der Waals surface area contributed by atoms with Gasteiger partial charge >= 0.3 is 0 Å². The van der Waals surface area contributed by atoms with Gasteiger partial charge in [-0.05, 0) is 60.2 Å². The largest absolute Gasteiger partial charge is 0.309 e. The number of nitrogens with zero attached hydrogens (tertiary/aromatic N) is 3. The molecular formula is C43H25N3S. The predicted octanol–water partition coefficient (Wildman–Crippen LogP) is 11.8. The van der Waals surface area contributed by atoms with E-state index in [1.165, 1.54) is 52.8 Å². The molecule has 10 aromatic rings. The Balaban J connectivity index is 1.27. The molecule has 0 N–H and O–H groups in total. The van der Waals surface area contributed by atoms with Gasteiger partial charge in [0, 0.05) is 53.0 Å². The van der Waals surface area contributed by atoms with Crippen molar-refractivity contribution >= 4 is 75.1 Å². The fourth-order valence-electron chi connectivity index (χ4n) is 7.55. The fourth-order valence-corrected chi connectivity index (χ4v) is 8.67. The van der Waals surface area contributed by atoms with E-state index in [2.05, 4.69) is 155 Å². The minimum absolute atomic E-state index is 0.642. The zero-order valence-electron chi connectivity index (χ0n) is 25.2. The number of aromatic nitrogens is 2. The van der Waals surface area contributed by atoms with Crippen LogP contribution in [0.2, 0.25) is 0 Å². The molecule has 4 heteroatoms. The van der Waals surface area contributed by atoms with Gasteiger partial charge in [-0.3, -0.25) is 0 Å². The lowest BCUT2D eigenvalue weighted by Crippen LogP contribution is -2.01. The summed E-state index contributed by atoms with van der Waals surface area (Å²) in [6.45, 7) is 0. The Bertz CT molecular complexity index is 2880. The Morgan fingerprint density at radius 2 is 1.06 bits per heavy atom. The number of hydrogen-bond acceptors (Lipinski definition) is 2. The molecule has 0 aliphatic carbocycles. The number of thiophene rings is 1. The van der Waals surface area contributed by atoms with Gasteiger partial charge in [-0.2, -0.15) is 5.26 Å². The molecule has 0 atom stereocenters. The molecule has 0 bridgehead atoms. The Kier molecular flexibility index (Phi) is 5.51. The van der Waals surface area contributed by atoms with Crippen LogP contribution in [-0.2, 0) is 0 Å². The summed E-state index contributed by atoms with van der Waals surface area (Å²) >= 11 is 1.82. The number of benzene rings is 7. The first-order valence-electron chi connectivity index (χ1n) is 15.8. The molecule has 0 saturated carbocycles. The summed E-state index contributed by atoms with van der Waals surface area (Å²) in [5, 5.41) is 18.0. The molecule has 0 unspecified atom stereocenters. The average Bonchev–Trinajstić information content (AvgIpc) is 3.77. The van der Waals surface area contributed by atoms with Gasteiger partial charge in [0.25, 0.3) is 0 Å². The first-order valence-corrected chi connectivity index (χ1v) is 16.6. The summed E-state index contributed by atoms with van der Waals surface area (Å²) in [4.78, 5) is 0. The minimum atomic E-state index is 0.642. The third-order valence-corrected chi connectivity index (χ3v) is 10.7. The van der Waals surface area contributed by atoms with E-state index in [4.69, 9.17) is 0 Å². The van der Waals surface area contributed by atoms with Crippen molar-refractivity contribution in [3.63, 3.8) is 0 Å². The summed E-state index contributed by atoms with van der Waals surface area (Å²) in [5.74, 6) is 0. The molecule has 3 nitrogen and oxygen atoms in total. The Morgan fingerprint density at radius 1 is 0.447 bits per heavy atom. The molecule has 0 amide bonds. The summed E-state index contributed by atoms with van der Waals surface area (Å²) < 4.78 is 7.19. The topological polar surface area (TPSA) is 33.6 Å². The zero-order valence-corrected chi connectivity index (χ0v) is 26.0. The maximum atomic E-state index is 10.6. The van der Waals surface area contributed by atoms with Gasteiger partial charge in [-0.15, -0.1) is 11.3 Å². The van der Waals surface area contributed by atoms with Crippen LogP contribution in [0.1, 0.15) is 5.56 Å². The van der Waals surface area contributed by atoms with E-state index in [0.717, 1.165) is 33.5 Å². The third-order valence-electron chi connectivity index (χ3n) is 9.55. The Labute approximate surface area is 274 Å². The smallest absolute Gasteiger partial charge is 0.101 e. The number of fused-ring (bicyclic) bond motifs is 9. The number of nitriles is 1. The molecule has 0 radical (unpaired) electrons. The Morgan fingerprint density at radius 3 is 1.79 bits per heavy atom. The molecule has 10 rings (SSSR count). The quantitative estimate of drug-likeness (QED) is 0.195. The van der Waals surface area contributed by atoms with Gasteiger partial charge < -0.3 is 9.13 Å². The van der Waals surface area contributed by atoms with Crippen LogP contribution in [0, 0.1) is 11.3 Å². The van der Waals surface area contributed by atoms with Crippen molar-refractivity contribution in [1.82, 2.24) is 9.13 Å². The Hall–Kier alpha value is -6.15. The third kappa shape index (κ3) is 3.72. The predicted molar refractivity (Wildman–Crippen MR) is 198 cm³/mol. The highest BCUT2D eigenvalue weighted by atomic mass is 32.1. The van der Waals surface area contributed by atoms with Gasteiger partial charge in [-0.25, -0.2) is 0 Å².